The third kappa shape index (κ3) is 4.51. The molecule has 0 radical (unpaired) electrons. The zero-order valence-corrected chi connectivity index (χ0v) is 16.2. The van der Waals surface area contributed by atoms with Crippen molar-refractivity contribution < 1.29 is 8.78 Å². The van der Waals surface area contributed by atoms with Crippen LogP contribution in [0.1, 0.15) is 55.1 Å². The standard InChI is InChI=1S/C20H27F2N5/c1-4-15-7-10-24-16(11-15)12-27(17-5-8-20(21,22)9-6-17)19-25-14(3)13(2)18(23)26-19/h7,10-11,17H,4-6,8-9,12H2,1-3H3,(H2,23,25,26). The van der Waals surface area contributed by atoms with Crippen molar-refractivity contribution in [2.75, 3.05) is 10.6 Å². The zero-order chi connectivity index (χ0) is 19.6. The SMILES string of the molecule is CCc1ccnc(CN(c2nc(C)c(C)c(N)n2)C2CCC(F)(F)CC2)c1. The maximum atomic E-state index is 13.7. The molecule has 0 atom stereocenters. The van der Waals surface area contributed by atoms with Crippen LogP contribution in [0.15, 0.2) is 18.3 Å². The number of hydrogen-bond donors (Lipinski definition) is 1. The Bertz CT molecular complexity index is 776. The van der Waals surface area contributed by atoms with Gasteiger partial charge in [0.15, 0.2) is 0 Å². The number of alkyl halides is 2. The molecule has 1 aliphatic rings. The van der Waals surface area contributed by atoms with E-state index in [9.17, 15) is 8.78 Å². The van der Waals surface area contributed by atoms with Gasteiger partial charge in [-0.05, 0) is 50.8 Å². The van der Waals surface area contributed by atoms with Crippen LogP contribution in [0.5, 0.6) is 0 Å². The second kappa shape index (κ2) is 7.74. The lowest BCUT2D eigenvalue weighted by atomic mass is 9.91. The molecule has 3 rings (SSSR count). The van der Waals surface area contributed by atoms with E-state index in [-0.39, 0.29) is 18.9 Å². The Labute approximate surface area is 159 Å². The molecule has 0 unspecified atom stereocenters. The van der Waals surface area contributed by atoms with E-state index < -0.39 is 5.92 Å². The number of aryl methyl sites for hydroxylation is 2. The van der Waals surface area contributed by atoms with Crippen molar-refractivity contribution in [1.82, 2.24) is 15.0 Å². The van der Waals surface area contributed by atoms with E-state index in [0.29, 0.717) is 31.2 Å². The number of hydrogen-bond acceptors (Lipinski definition) is 5. The van der Waals surface area contributed by atoms with Gasteiger partial charge in [-0.25, -0.2) is 13.8 Å². The quantitative estimate of drug-likeness (QED) is 0.847. The van der Waals surface area contributed by atoms with Crippen molar-refractivity contribution >= 4 is 11.8 Å². The van der Waals surface area contributed by atoms with Crippen LogP contribution in [0.3, 0.4) is 0 Å². The minimum atomic E-state index is -2.58. The summed E-state index contributed by atoms with van der Waals surface area (Å²) in [7, 11) is 0. The fourth-order valence-corrected chi connectivity index (χ4v) is 3.47. The lowest BCUT2D eigenvalue weighted by molar-refractivity contribution is -0.0383. The number of pyridine rings is 1. The first-order valence-corrected chi connectivity index (χ1v) is 9.48. The van der Waals surface area contributed by atoms with Gasteiger partial charge in [0.05, 0.1) is 12.2 Å². The summed E-state index contributed by atoms with van der Waals surface area (Å²) in [4.78, 5) is 15.5. The molecule has 0 saturated heterocycles. The van der Waals surface area contributed by atoms with Crippen LogP contribution in [-0.4, -0.2) is 26.9 Å². The van der Waals surface area contributed by atoms with Gasteiger partial charge in [-0.3, -0.25) is 4.98 Å². The molecule has 1 aliphatic carbocycles. The Hall–Kier alpha value is -2.31. The summed E-state index contributed by atoms with van der Waals surface area (Å²) in [6, 6.07) is 3.98. The van der Waals surface area contributed by atoms with Gasteiger partial charge in [0, 0.05) is 36.3 Å². The number of nitrogens with zero attached hydrogens (tertiary/aromatic N) is 4. The summed E-state index contributed by atoms with van der Waals surface area (Å²) in [6.07, 6.45) is 3.27. The number of anilines is 2. The van der Waals surface area contributed by atoms with Crippen LogP contribution in [0.25, 0.3) is 0 Å². The van der Waals surface area contributed by atoms with Crippen molar-refractivity contribution in [2.45, 2.75) is 71.4 Å². The van der Waals surface area contributed by atoms with E-state index in [1.165, 1.54) is 5.56 Å². The number of halogens is 2. The van der Waals surface area contributed by atoms with E-state index >= 15 is 0 Å². The minimum absolute atomic E-state index is 0.0572. The molecule has 2 aromatic heterocycles. The highest BCUT2D eigenvalue weighted by molar-refractivity contribution is 5.47. The Morgan fingerprint density at radius 3 is 2.56 bits per heavy atom. The average Bonchev–Trinajstić information content (AvgIpc) is 2.64. The maximum absolute atomic E-state index is 13.7. The summed E-state index contributed by atoms with van der Waals surface area (Å²) in [5.41, 5.74) is 9.78. The Morgan fingerprint density at radius 1 is 1.22 bits per heavy atom. The van der Waals surface area contributed by atoms with Gasteiger partial charge in [0.25, 0.3) is 0 Å². The van der Waals surface area contributed by atoms with Crippen LogP contribution in [0, 0.1) is 13.8 Å². The molecule has 1 fully saturated rings. The smallest absolute Gasteiger partial charge is 0.248 e. The molecule has 0 amide bonds. The highest BCUT2D eigenvalue weighted by Gasteiger charge is 2.37. The van der Waals surface area contributed by atoms with Gasteiger partial charge in [-0.2, -0.15) is 4.98 Å². The van der Waals surface area contributed by atoms with E-state index in [1.54, 1.807) is 6.20 Å². The van der Waals surface area contributed by atoms with Gasteiger partial charge in [-0.1, -0.05) is 6.92 Å². The monoisotopic (exact) mass is 375 g/mol. The third-order valence-corrected chi connectivity index (χ3v) is 5.42. The average molecular weight is 375 g/mol. The van der Waals surface area contributed by atoms with Gasteiger partial charge in [0.2, 0.25) is 11.9 Å². The van der Waals surface area contributed by atoms with Crippen LogP contribution in [0.4, 0.5) is 20.5 Å². The topological polar surface area (TPSA) is 67.9 Å². The summed E-state index contributed by atoms with van der Waals surface area (Å²) in [5.74, 6) is -1.65. The predicted molar refractivity (Wildman–Crippen MR) is 103 cm³/mol. The molecule has 0 aliphatic heterocycles. The normalized spacial score (nSPS) is 17.1. The lowest BCUT2D eigenvalue weighted by Gasteiger charge is -2.37. The zero-order valence-electron chi connectivity index (χ0n) is 16.2. The van der Waals surface area contributed by atoms with Crippen LogP contribution in [0.2, 0.25) is 0 Å². The van der Waals surface area contributed by atoms with E-state index in [4.69, 9.17) is 5.73 Å². The first-order chi connectivity index (χ1) is 12.8. The van der Waals surface area contributed by atoms with Gasteiger partial charge in [0.1, 0.15) is 5.82 Å². The summed E-state index contributed by atoms with van der Waals surface area (Å²) >= 11 is 0. The fourth-order valence-electron chi connectivity index (χ4n) is 3.47. The molecule has 0 aromatic carbocycles. The van der Waals surface area contributed by atoms with E-state index in [2.05, 4.69) is 27.9 Å². The van der Waals surface area contributed by atoms with Gasteiger partial charge >= 0.3 is 0 Å². The first kappa shape index (κ1) is 19.5. The lowest BCUT2D eigenvalue weighted by Crippen LogP contribution is -2.41. The number of aromatic nitrogens is 3. The molecule has 5 nitrogen and oxygen atoms in total. The highest BCUT2D eigenvalue weighted by atomic mass is 19.3. The van der Waals surface area contributed by atoms with Crippen LogP contribution in [-0.2, 0) is 13.0 Å². The molecule has 2 N–H and O–H groups in total. The van der Waals surface area contributed by atoms with Gasteiger partial charge < -0.3 is 10.6 Å². The van der Waals surface area contributed by atoms with Gasteiger partial charge in [-0.15, -0.1) is 0 Å². The largest absolute Gasteiger partial charge is 0.383 e. The molecule has 146 valence electrons. The fraction of sp³-hybridized carbons (Fsp3) is 0.550. The maximum Gasteiger partial charge on any atom is 0.248 e. The number of nitrogens with two attached hydrogens (primary N) is 1. The summed E-state index contributed by atoms with van der Waals surface area (Å²) in [5, 5.41) is 0. The second-order valence-electron chi connectivity index (χ2n) is 7.34. The van der Waals surface area contributed by atoms with Crippen LogP contribution >= 0.6 is 0 Å². The molecule has 27 heavy (non-hydrogen) atoms. The Balaban J connectivity index is 1.93. The van der Waals surface area contributed by atoms with E-state index in [1.807, 2.05) is 24.8 Å². The molecule has 1 saturated carbocycles. The van der Waals surface area contributed by atoms with Crippen molar-refractivity contribution in [3.05, 3.63) is 40.8 Å². The molecule has 0 bridgehead atoms. The van der Waals surface area contributed by atoms with Crippen molar-refractivity contribution in [3.63, 3.8) is 0 Å². The molecule has 2 heterocycles. The third-order valence-electron chi connectivity index (χ3n) is 5.42. The molecule has 2 aromatic rings. The number of nitrogen functional groups attached to an aromatic ring is 1. The molecule has 0 spiro atoms. The highest BCUT2D eigenvalue weighted by Crippen LogP contribution is 2.36. The number of rotatable bonds is 5. The molecule has 7 heteroatoms. The Morgan fingerprint density at radius 2 is 1.93 bits per heavy atom. The Kier molecular flexibility index (Phi) is 5.58. The molecular formula is C20H27F2N5. The second-order valence-corrected chi connectivity index (χ2v) is 7.34. The van der Waals surface area contributed by atoms with Crippen molar-refractivity contribution in [3.8, 4) is 0 Å². The first-order valence-electron chi connectivity index (χ1n) is 9.48. The molecular weight excluding hydrogens is 348 g/mol. The van der Waals surface area contributed by atoms with Crippen LogP contribution < -0.4 is 10.6 Å². The van der Waals surface area contributed by atoms with Crippen molar-refractivity contribution in [2.24, 2.45) is 0 Å². The van der Waals surface area contributed by atoms with E-state index in [0.717, 1.165) is 23.4 Å². The summed E-state index contributed by atoms with van der Waals surface area (Å²) in [6.45, 7) is 6.34. The summed E-state index contributed by atoms with van der Waals surface area (Å²) < 4.78 is 27.3. The minimum Gasteiger partial charge on any atom is -0.383 e. The predicted octanol–water partition coefficient (Wildman–Crippen LogP) is 4.22. The van der Waals surface area contributed by atoms with Crippen molar-refractivity contribution in [1.29, 1.82) is 0 Å².